The fourth-order valence-electron chi connectivity index (χ4n) is 4.53. The maximum Gasteiger partial charge on any atom is 0.243 e. The van der Waals surface area contributed by atoms with Gasteiger partial charge in [-0.1, -0.05) is 6.92 Å². The summed E-state index contributed by atoms with van der Waals surface area (Å²) >= 11 is 0. The predicted molar refractivity (Wildman–Crippen MR) is 115 cm³/mol. The number of sulfonamides is 1. The molecule has 2 heterocycles. The zero-order chi connectivity index (χ0) is 21.5. The van der Waals surface area contributed by atoms with Crippen LogP contribution in [0.15, 0.2) is 23.1 Å². The molecule has 1 aliphatic carbocycles. The van der Waals surface area contributed by atoms with E-state index in [4.69, 9.17) is 0 Å². The molecule has 0 aromatic heterocycles. The van der Waals surface area contributed by atoms with Gasteiger partial charge in [0.25, 0.3) is 0 Å². The normalized spacial score (nSPS) is 22.7. The first kappa shape index (κ1) is 21.3. The molecule has 1 saturated carbocycles. The Balaban J connectivity index is 1.46. The lowest BCUT2D eigenvalue weighted by atomic mass is 9.97. The first-order valence-electron chi connectivity index (χ1n) is 11.1. The quantitative estimate of drug-likeness (QED) is 0.746. The highest BCUT2D eigenvalue weighted by molar-refractivity contribution is 7.89. The molecule has 3 aliphatic rings. The Bertz CT molecular complexity index is 934. The van der Waals surface area contributed by atoms with Gasteiger partial charge in [0, 0.05) is 43.2 Å². The van der Waals surface area contributed by atoms with E-state index < -0.39 is 10.0 Å². The van der Waals surface area contributed by atoms with Gasteiger partial charge in [-0.3, -0.25) is 9.59 Å². The van der Waals surface area contributed by atoms with E-state index in [2.05, 4.69) is 5.32 Å². The van der Waals surface area contributed by atoms with Crippen molar-refractivity contribution < 1.29 is 18.0 Å². The number of rotatable bonds is 6. The molecule has 1 aromatic carbocycles. The standard InChI is InChI=1S/C22H31N3O4S/c1-3-10-23-21(26)16-8-11-24(12-9-16)30(28,29)19-6-7-20-18(14-19)13-15(2)25(20)22(27)17-4-5-17/h6-7,14-17H,3-5,8-13H2,1-2H3,(H,23,26)/t15-/m0/s1. The summed E-state index contributed by atoms with van der Waals surface area (Å²) in [7, 11) is -3.61. The number of carbonyl (C=O) groups is 2. The summed E-state index contributed by atoms with van der Waals surface area (Å²) in [6, 6.07) is 5.21. The number of carbonyl (C=O) groups excluding carboxylic acids is 2. The Labute approximate surface area is 178 Å². The second-order valence-corrected chi connectivity index (χ2v) is 10.7. The lowest BCUT2D eigenvalue weighted by molar-refractivity contribution is -0.126. The maximum atomic E-state index is 13.2. The monoisotopic (exact) mass is 433 g/mol. The molecule has 0 radical (unpaired) electrons. The minimum absolute atomic E-state index is 0.0286. The van der Waals surface area contributed by atoms with Gasteiger partial charge in [-0.05, 0) is 69.2 Å². The smallest absolute Gasteiger partial charge is 0.243 e. The van der Waals surface area contributed by atoms with Gasteiger partial charge >= 0.3 is 0 Å². The van der Waals surface area contributed by atoms with Crippen LogP contribution in [-0.4, -0.2) is 50.2 Å². The van der Waals surface area contributed by atoms with Crippen LogP contribution in [0.1, 0.15) is 51.5 Å². The fourth-order valence-corrected chi connectivity index (χ4v) is 6.05. The second kappa shape index (κ2) is 8.30. The average Bonchev–Trinajstić information content (AvgIpc) is 3.53. The maximum absolute atomic E-state index is 13.2. The van der Waals surface area contributed by atoms with Crippen LogP contribution in [0.2, 0.25) is 0 Å². The zero-order valence-corrected chi connectivity index (χ0v) is 18.6. The van der Waals surface area contributed by atoms with Gasteiger partial charge in [-0.25, -0.2) is 8.42 Å². The van der Waals surface area contributed by atoms with Crippen molar-refractivity contribution in [1.82, 2.24) is 9.62 Å². The van der Waals surface area contributed by atoms with Crippen LogP contribution in [0.4, 0.5) is 5.69 Å². The summed E-state index contributed by atoms with van der Waals surface area (Å²) in [4.78, 5) is 26.9. The molecule has 1 N–H and O–H groups in total. The third-order valence-electron chi connectivity index (χ3n) is 6.44. The molecular formula is C22H31N3O4S. The Morgan fingerprint density at radius 1 is 1.10 bits per heavy atom. The van der Waals surface area contributed by atoms with E-state index in [9.17, 15) is 18.0 Å². The molecule has 0 bridgehead atoms. The number of amides is 2. The average molecular weight is 434 g/mol. The number of hydrogen-bond acceptors (Lipinski definition) is 4. The molecule has 4 rings (SSSR count). The van der Waals surface area contributed by atoms with Gasteiger partial charge < -0.3 is 10.2 Å². The predicted octanol–water partition coefficient (Wildman–Crippen LogP) is 2.30. The molecule has 0 spiro atoms. The fraction of sp³-hybridized carbons (Fsp3) is 0.636. The number of nitrogens with one attached hydrogen (secondary N) is 1. The highest BCUT2D eigenvalue weighted by Gasteiger charge is 2.40. The molecule has 1 saturated heterocycles. The Hall–Kier alpha value is -1.93. The molecule has 2 fully saturated rings. The van der Waals surface area contributed by atoms with Crippen LogP contribution >= 0.6 is 0 Å². The molecule has 8 heteroatoms. The van der Waals surface area contributed by atoms with Crippen molar-refractivity contribution in [2.75, 3.05) is 24.5 Å². The second-order valence-electron chi connectivity index (χ2n) is 8.80. The summed E-state index contributed by atoms with van der Waals surface area (Å²) in [5, 5.41) is 2.91. The van der Waals surface area contributed by atoms with Crippen molar-refractivity contribution in [3.05, 3.63) is 23.8 Å². The molecule has 1 atom stereocenters. The molecule has 2 aliphatic heterocycles. The van der Waals surface area contributed by atoms with Gasteiger partial charge in [-0.15, -0.1) is 0 Å². The number of fused-ring (bicyclic) bond motifs is 1. The third kappa shape index (κ3) is 3.99. The van der Waals surface area contributed by atoms with Crippen molar-refractivity contribution in [3.8, 4) is 0 Å². The minimum Gasteiger partial charge on any atom is -0.356 e. The molecule has 2 amide bonds. The highest BCUT2D eigenvalue weighted by Crippen LogP contribution is 2.40. The van der Waals surface area contributed by atoms with Crippen molar-refractivity contribution >= 4 is 27.5 Å². The van der Waals surface area contributed by atoms with Crippen LogP contribution in [0.25, 0.3) is 0 Å². The van der Waals surface area contributed by atoms with Crippen molar-refractivity contribution in [1.29, 1.82) is 0 Å². The van der Waals surface area contributed by atoms with Crippen LogP contribution in [-0.2, 0) is 26.0 Å². The van der Waals surface area contributed by atoms with Crippen LogP contribution in [0.3, 0.4) is 0 Å². The molecular weight excluding hydrogens is 402 g/mol. The lowest BCUT2D eigenvalue weighted by Gasteiger charge is -2.30. The first-order chi connectivity index (χ1) is 14.3. The summed E-state index contributed by atoms with van der Waals surface area (Å²) < 4.78 is 27.9. The Kier molecular flexibility index (Phi) is 5.90. The highest BCUT2D eigenvalue weighted by atomic mass is 32.2. The molecule has 30 heavy (non-hydrogen) atoms. The lowest BCUT2D eigenvalue weighted by Crippen LogP contribution is -2.43. The van der Waals surface area contributed by atoms with E-state index in [1.807, 2.05) is 18.7 Å². The summed E-state index contributed by atoms with van der Waals surface area (Å²) in [5.74, 6) is 0.213. The van der Waals surface area contributed by atoms with Crippen molar-refractivity contribution in [2.45, 2.75) is 63.3 Å². The van der Waals surface area contributed by atoms with Gasteiger partial charge in [0.05, 0.1) is 4.90 Å². The van der Waals surface area contributed by atoms with Crippen molar-refractivity contribution in [3.63, 3.8) is 0 Å². The summed E-state index contributed by atoms with van der Waals surface area (Å²) in [6.07, 6.45) is 4.56. The number of nitrogens with zero attached hydrogens (tertiary/aromatic N) is 2. The minimum atomic E-state index is -3.61. The Morgan fingerprint density at radius 2 is 1.80 bits per heavy atom. The molecule has 7 nitrogen and oxygen atoms in total. The number of anilines is 1. The molecule has 164 valence electrons. The van der Waals surface area contributed by atoms with E-state index in [-0.39, 0.29) is 34.6 Å². The van der Waals surface area contributed by atoms with Gasteiger partial charge in [0.2, 0.25) is 21.8 Å². The van der Waals surface area contributed by atoms with Gasteiger partial charge in [0.1, 0.15) is 0 Å². The van der Waals surface area contributed by atoms with E-state index >= 15 is 0 Å². The van der Waals surface area contributed by atoms with Gasteiger partial charge in [0.15, 0.2) is 0 Å². The third-order valence-corrected chi connectivity index (χ3v) is 8.34. The van der Waals surface area contributed by atoms with Crippen molar-refractivity contribution in [2.24, 2.45) is 11.8 Å². The van der Waals surface area contributed by atoms with Gasteiger partial charge in [-0.2, -0.15) is 4.31 Å². The number of benzene rings is 1. The van der Waals surface area contributed by atoms with Crippen LogP contribution in [0, 0.1) is 11.8 Å². The molecule has 1 aromatic rings. The summed E-state index contributed by atoms with van der Waals surface area (Å²) in [6.45, 7) is 5.39. The zero-order valence-electron chi connectivity index (χ0n) is 17.8. The van der Waals surface area contributed by atoms with E-state index in [1.54, 1.807) is 18.2 Å². The van der Waals surface area contributed by atoms with E-state index in [1.165, 1.54) is 4.31 Å². The van der Waals surface area contributed by atoms with E-state index in [0.29, 0.717) is 38.9 Å². The topological polar surface area (TPSA) is 86.8 Å². The van der Waals surface area contributed by atoms with Crippen LogP contribution < -0.4 is 10.2 Å². The molecule has 0 unspecified atom stereocenters. The Morgan fingerprint density at radius 3 is 2.43 bits per heavy atom. The summed E-state index contributed by atoms with van der Waals surface area (Å²) in [5.41, 5.74) is 1.77. The largest absolute Gasteiger partial charge is 0.356 e. The number of piperidine rings is 1. The SMILES string of the molecule is CCCNC(=O)C1CCN(S(=O)(=O)c2ccc3c(c2)C[C@H](C)N3C(=O)C2CC2)CC1. The van der Waals surface area contributed by atoms with Crippen LogP contribution in [0.5, 0.6) is 0 Å². The number of hydrogen-bond donors (Lipinski definition) is 1. The van der Waals surface area contributed by atoms with E-state index in [0.717, 1.165) is 30.5 Å². The first-order valence-corrected chi connectivity index (χ1v) is 12.5.